The molecule has 6 aromatic rings. The normalized spacial score (nSPS) is 13.6. The summed E-state index contributed by atoms with van der Waals surface area (Å²) >= 11 is 0. The molecule has 5 heterocycles. The number of anilines is 1. The third-order valence-electron chi connectivity index (χ3n) is 7.08. The van der Waals surface area contributed by atoms with E-state index in [4.69, 9.17) is 0 Å². The Kier molecular flexibility index (Phi) is 5.36. The van der Waals surface area contributed by atoms with Gasteiger partial charge >= 0.3 is 0 Å². The molecule has 1 saturated carbocycles. The van der Waals surface area contributed by atoms with Crippen LogP contribution in [-0.2, 0) is 4.79 Å². The third-order valence-corrected chi connectivity index (χ3v) is 7.08. The molecule has 0 bridgehead atoms. The Hall–Kier alpha value is -5.06. The molecular weight excluding hydrogens is 502 g/mol. The van der Waals surface area contributed by atoms with Gasteiger partial charge in [-0.15, -0.1) is 0 Å². The summed E-state index contributed by atoms with van der Waals surface area (Å²) in [5.74, 6) is -0.630. The van der Waals surface area contributed by atoms with Crippen molar-refractivity contribution < 1.29 is 13.6 Å². The lowest BCUT2D eigenvalue weighted by molar-refractivity contribution is -0.122. The SMILES string of the molecule is O=C(Nc1cncc(-c2cnc3[nH]nc(-c4nc5c(-c6ccc(F)cc6)ccnc5[nH]4)c3c2F)c1)C1CCC1. The number of carbonyl (C=O) groups is 1. The number of carbonyl (C=O) groups excluding carboxylic acids is 1. The number of aromatic amines is 2. The van der Waals surface area contributed by atoms with Crippen molar-refractivity contribution in [3.8, 4) is 33.8 Å². The maximum Gasteiger partial charge on any atom is 0.227 e. The molecule has 0 atom stereocenters. The highest BCUT2D eigenvalue weighted by molar-refractivity contribution is 5.97. The summed E-state index contributed by atoms with van der Waals surface area (Å²) in [5, 5.41) is 10.1. The number of benzene rings is 1. The summed E-state index contributed by atoms with van der Waals surface area (Å²) in [7, 11) is 0. The number of aromatic nitrogens is 7. The van der Waals surface area contributed by atoms with E-state index in [-0.39, 0.29) is 39.9 Å². The molecule has 9 nitrogen and oxygen atoms in total. The molecule has 1 aliphatic carbocycles. The van der Waals surface area contributed by atoms with Crippen molar-refractivity contribution in [2.24, 2.45) is 5.92 Å². The van der Waals surface area contributed by atoms with Crippen LogP contribution in [0.2, 0.25) is 0 Å². The van der Waals surface area contributed by atoms with Gasteiger partial charge < -0.3 is 10.3 Å². The van der Waals surface area contributed by atoms with Crippen LogP contribution in [-0.4, -0.2) is 41.0 Å². The largest absolute Gasteiger partial charge is 0.324 e. The quantitative estimate of drug-likeness (QED) is 0.269. The van der Waals surface area contributed by atoms with Gasteiger partial charge in [0.25, 0.3) is 0 Å². The zero-order chi connectivity index (χ0) is 26.5. The Balaban J connectivity index is 1.29. The summed E-state index contributed by atoms with van der Waals surface area (Å²) in [6.07, 6.45) is 8.88. The van der Waals surface area contributed by atoms with Gasteiger partial charge in [-0.05, 0) is 42.7 Å². The van der Waals surface area contributed by atoms with Crippen LogP contribution in [0.15, 0.2) is 61.2 Å². The van der Waals surface area contributed by atoms with E-state index >= 15 is 4.39 Å². The lowest BCUT2D eigenvalue weighted by atomic mass is 9.85. The Morgan fingerprint density at radius 1 is 0.949 bits per heavy atom. The number of nitrogens with zero attached hydrogens (tertiary/aromatic N) is 5. The van der Waals surface area contributed by atoms with Gasteiger partial charge in [0.15, 0.2) is 17.1 Å². The molecular formula is C28H20F2N8O. The molecule has 0 saturated heterocycles. The number of imidazole rings is 1. The fraction of sp³-hybridized carbons (Fsp3) is 0.143. The molecule has 5 aromatic heterocycles. The van der Waals surface area contributed by atoms with Gasteiger partial charge in [0, 0.05) is 41.2 Å². The Bertz CT molecular complexity index is 1870. The van der Waals surface area contributed by atoms with Crippen LogP contribution in [0.25, 0.3) is 56.0 Å². The van der Waals surface area contributed by atoms with Crippen LogP contribution >= 0.6 is 0 Å². The lowest BCUT2D eigenvalue weighted by Crippen LogP contribution is -2.28. The molecule has 1 fully saturated rings. The Morgan fingerprint density at radius 3 is 2.59 bits per heavy atom. The van der Waals surface area contributed by atoms with Crippen LogP contribution in [0.1, 0.15) is 19.3 Å². The molecule has 0 radical (unpaired) electrons. The number of hydrogen-bond acceptors (Lipinski definition) is 6. The van der Waals surface area contributed by atoms with Crippen molar-refractivity contribution in [1.29, 1.82) is 0 Å². The van der Waals surface area contributed by atoms with Gasteiger partial charge in [0.2, 0.25) is 5.91 Å². The lowest BCUT2D eigenvalue weighted by Gasteiger charge is -2.24. The van der Waals surface area contributed by atoms with Crippen LogP contribution in [0.4, 0.5) is 14.5 Å². The van der Waals surface area contributed by atoms with Crippen molar-refractivity contribution in [2.45, 2.75) is 19.3 Å². The standard InChI is InChI=1S/C28H20F2N8O/c29-17-6-4-14(5-7-17)19-8-9-32-26-23(19)35-27(36-26)24-21-22(30)20(13-33-25(21)38-37-24)16-10-18(12-31-11-16)34-28(39)15-2-1-3-15/h4-13,15H,1-3H2,(H,34,39)(H,32,35,36)(H,33,37,38). The van der Waals surface area contributed by atoms with E-state index in [9.17, 15) is 9.18 Å². The van der Waals surface area contributed by atoms with Gasteiger partial charge in [0.1, 0.15) is 22.8 Å². The van der Waals surface area contributed by atoms with Crippen molar-refractivity contribution in [1.82, 2.24) is 35.1 Å². The van der Waals surface area contributed by atoms with Crippen LogP contribution in [0, 0.1) is 17.6 Å². The van der Waals surface area contributed by atoms with Crippen LogP contribution in [0.3, 0.4) is 0 Å². The number of pyridine rings is 3. The van der Waals surface area contributed by atoms with Crippen LogP contribution in [0.5, 0.6) is 0 Å². The predicted octanol–water partition coefficient (Wildman–Crippen LogP) is 5.64. The molecule has 1 amide bonds. The third kappa shape index (κ3) is 3.99. The number of halogens is 2. The molecule has 7 rings (SSSR count). The molecule has 0 aliphatic heterocycles. The number of amides is 1. The highest BCUT2D eigenvalue weighted by atomic mass is 19.1. The van der Waals surface area contributed by atoms with E-state index in [1.165, 1.54) is 30.7 Å². The topological polar surface area (TPSA) is 125 Å². The van der Waals surface area contributed by atoms with E-state index in [0.717, 1.165) is 30.4 Å². The molecule has 0 unspecified atom stereocenters. The van der Waals surface area contributed by atoms with Crippen molar-refractivity contribution >= 4 is 33.8 Å². The second kappa shape index (κ2) is 9.05. The minimum absolute atomic E-state index is 0.0127. The first kappa shape index (κ1) is 23.1. The van der Waals surface area contributed by atoms with Crippen molar-refractivity contribution in [3.05, 3.63) is 72.8 Å². The summed E-state index contributed by atoms with van der Waals surface area (Å²) in [6, 6.07) is 9.54. The fourth-order valence-electron chi connectivity index (χ4n) is 4.78. The maximum atomic E-state index is 16.1. The maximum absolute atomic E-state index is 16.1. The van der Waals surface area contributed by atoms with Crippen molar-refractivity contribution in [3.63, 3.8) is 0 Å². The molecule has 1 aliphatic rings. The number of hydrogen-bond donors (Lipinski definition) is 3. The predicted molar refractivity (Wildman–Crippen MR) is 141 cm³/mol. The first-order chi connectivity index (χ1) is 19.0. The minimum Gasteiger partial charge on any atom is -0.324 e. The number of fused-ring (bicyclic) bond motifs is 2. The second-order valence-electron chi connectivity index (χ2n) is 9.51. The highest BCUT2D eigenvalue weighted by Gasteiger charge is 2.26. The zero-order valence-electron chi connectivity index (χ0n) is 20.4. The zero-order valence-corrected chi connectivity index (χ0v) is 20.4. The molecule has 0 spiro atoms. The molecule has 1 aromatic carbocycles. The van der Waals surface area contributed by atoms with Gasteiger partial charge in [0.05, 0.1) is 17.3 Å². The average Bonchev–Trinajstić information content (AvgIpc) is 3.53. The molecule has 11 heteroatoms. The van der Waals surface area contributed by atoms with E-state index in [1.54, 1.807) is 30.5 Å². The van der Waals surface area contributed by atoms with E-state index in [2.05, 4.69) is 40.4 Å². The summed E-state index contributed by atoms with van der Waals surface area (Å²) < 4.78 is 29.5. The van der Waals surface area contributed by atoms with Gasteiger partial charge in [-0.1, -0.05) is 18.6 Å². The van der Waals surface area contributed by atoms with Crippen LogP contribution < -0.4 is 5.32 Å². The summed E-state index contributed by atoms with van der Waals surface area (Å²) in [6.45, 7) is 0. The van der Waals surface area contributed by atoms with E-state index in [1.807, 2.05) is 0 Å². The molecule has 192 valence electrons. The highest BCUT2D eigenvalue weighted by Crippen LogP contribution is 2.35. The Labute approximate surface area is 219 Å². The minimum atomic E-state index is -0.555. The number of rotatable bonds is 5. The molecule has 39 heavy (non-hydrogen) atoms. The number of H-pyrrole nitrogens is 2. The van der Waals surface area contributed by atoms with E-state index < -0.39 is 5.82 Å². The first-order valence-electron chi connectivity index (χ1n) is 12.4. The number of nitrogens with one attached hydrogen (secondary N) is 3. The molecule has 3 N–H and O–H groups in total. The van der Waals surface area contributed by atoms with Gasteiger partial charge in [-0.25, -0.2) is 23.7 Å². The van der Waals surface area contributed by atoms with E-state index in [0.29, 0.717) is 28.2 Å². The Morgan fingerprint density at radius 2 is 1.79 bits per heavy atom. The fourth-order valence-corrected chi connectivity index (χ4v) is 4.78. The second-order valence-corrected chi connectivity index (χ2v) is 9.51. The summed E-state index contributed by atoms with van der Waals surface area (Å²) in [4.78, 5) is 33.1. The average molecular weight is 523 g/mol. The first-order valence-corrected chi connectivity index (χ1v) is 12.4. The van der Waals surface area contributed by atoms with Crippen molar-refractivity contribution in [2.75, 3.05) is 5.32 Å². The summed E-state index contributed by atoms with van der Waals surface area (Å²) in [5.41, 5.74) is 4.18. The van der Waals surface area contributed by atoms with Gasteiger partial charge in [-0.3, -0.25) is 14.9 Å². The smallest absolute Gasteiger partial charge is 0.227 e. The van der Waals surface area contributed by atoms with Gasteiger partial charge in [-0.2, -0.15) is 5.10 Å². The monoisotopic (exact) mass is 522 g/mol.